The molecule has 14 heavy (non-hydrogen) atoms. The van der Waals surface area contributed by atoms with Crippen LogP contribution in [0.5, 0.6) is 0 Å². The lowest BCUT2D eigenvalue weighted by Gasteiger charge is -2.05. The van der Waals surface area contributed by atoms with E-state index in [0.717, 1.165) is 12.1 Å². The maximum Gasteiger partial charge on any atom is 0.0428 e. The summed E-state index contributed by atoms with van der Waals surface area (Å²) in [5, 5.41) is 0. The molecule has 0 aromatic carbocycles. The number of rotatable bonds is 4. The van der Waals surface area contributed by atoms with E-state index in [2.05, 4.69) is 45.3 Å². The molecule has 0 aliphatic rings. The average molecular weight is 195 g/mol. The second-order valence-corrected chi connectivity index (χ2v) is 3.24. The topological polar surface area (TPSA) is 12.4 Å². The van der Waals surface area contributed by atoms with Crippen LogP contribution in [-0.2, 0) is 0 Å². The van der Waals surface area contributed by atoms with E-state index in [-0.39, 0.29) is 0 Å². The molecular formula is C13H25N. The molecule has 0 N–H and O–H groups in total. The summed E-state index contributed by atoms with van der Waals surface area (Å²) in [7, 11) is 0. The van der Waals surface area contributed by atoms with Crippen LogP contribution in [0, 0.1) is 5.92 Å². The van der Waals surface area contributed by atoms with Crippen LogP contribution < -0.4 is 0 Å². The SMILES string of the molecule is C=CN=C(/C=C(\C)CC)C(C)C.CC. The van der Waals surface area contributed by atoms with Crippen molar-refractivity contribution >= 4 is 5.71 Å². The molecule has 82 valence electrons. The molecule has 0 radical (unpaired) electrons. The fraction of sp³-hybridized carbons (Fsp3) is 0.615. The molecule has 0 unspecified atom stereocenters. The van der Waals surface area contributed by atoms with Gasteiger partial charge in [0.15, 0.2) is 0 Å². The highest BCUT2D eigenvalue weighted by Crippen LogP contribution is 2.05. The molecule has 0 bridgehead atoms. The minimum Gasteiger partial charge on any atom is -0.262 e. The maximum absolute atomic E-state index is 4.22. The van der Waals surface area contributed by atoms with E-state index < -0.39 is 0 Å². The van der Waals surface area contributed by atoms with Gasteiger partial charge >= 0.3 is 0 Å². The van der Waals surface area contributed by atoms with E-state index in [1.807, 2.05) is 13.8 Å². The Hall–Kier alpha value is -0.850. The van der Waals surface area contributed by atoms with E-state index in [4.69, 9.17) is 0 Å². The fourth-order valence-corrected chi connectivity index (χ4v) is 0.813. The van der Waals surface area contributed by atoms with Crippen LogP contribution >= 0.6 is 0 Å². The van der Waals surface area contributed by atoms with Crippen molar-refractivity contribution in [3.63, 3.8) is 0 Å². The van der Waals surface area contributed by atoms with Crippen molar-refractivity contribution in [3.8, 4) is 0 Å². The Labute approximate surface area is 89.6 Å². The Morgan fingerprint density at radius 3 is 2.14 bits per heavy atom. The summed E-state index contributed by atoms with van der Waals surface area (Å²) in [6.45, 7) is 16.2. The Morgan fingerprint density at radius 1 is 1.36 bits per heavy atom. The summed E-state index contributed by atoms with van der Waals surface area (Å²) in [5.74, 6) is 0.476. The molecular weight excluding hydrogens is 170 g/mol. The smallest absolute Gasteiger partial charge is 0.0428 e. The van der Waals surface area contributed by atoms with Crippen LogP contribution in [0.3, 0.4) is 0 Å². The Bertz CT molecular complexity index is 197. The van der Waals surface area contributed by atoms with Gasteiger partial charge in [0.05, 0.1) is 0 Å². The van der Waals surface area contributed by atoms with Crippen LogP contribution in [0.4, 0.5) is 0 Å². The summed E-state index contributed by atoms with van der Waals surface area (Å²) >= 11 is 0. The highest BCUT2D eigenvalue weighted by molar-refractivity contribution is 5.97. The minimum absolute atomic E-state index is 0.476. The van der Waals surface area contributed by atoms with Gasteiger partial charge in [-0.15, -0.1) is 0 Å². The summed E-state index contributed by atoms with van der Waals surface area (Å²) in [6.07, 6.45) is 4.84. The highest BCUT2D eigenvalue weighted by atomic mass is 14.7. The second-order valence-electron chi connectivity index (χ2n) is 3.24. The first-order valence-electron chi connectivity index (χ1n) is 5.47. The number of nitrogens with zero attached hydrogens (tertiary/aromatic N) is 1. The predicted octanol–water partition coefficient (Wildman–Crippen LogP) is 4.61. The fourth-order valence-electron chi connectivity index (χ4n) is 0.813. The van der Waals surface area contributed by atoms with Gasteiger partial charge < -0.3 is 0 Å². The normalized spacial score (nSPS) is 12.2. The van der Waals surface area contributed by atoms with Crippen molar-refractivity contribution in [1.82, 2.24) is 0 Å². The van der Waals surface area contributed by atoms with Crippen molar-refractivity contribution in [2.45, 2.75) is 48.0 Å². The predicted molar refractivity (Wildman–Crippen MR) is 67.9 cm³/mol. The van der Waals surface area contributed by atoms with E-state index in [1.165, 1.54) is 5.57 Å². The third-order valence-electron chi connectivity index (χ3n) is 1.78. The van der Waals surface area contributed by atoms with Gasteiger partial charge in [-0.05, 0) is 25.3 Å². The quantitative estimate of drug-likeness (QED) is 0.581. The van der Waals surface area contributed by atoms with Crippen molar-refractivity contribution in [2.75, 3.05) is 0 Å². The molecule has 0 heterocycles. The van der Waals surface area contributed by atoms with Crippen molar-refractivity contribution in [1.29, 1.82) is 0 Å². The first kappa shape index (κ1) is 15.6. The van der Waals surface area contributed by atoms with Crippen LogP contribution in [0.25, 0.3) is 0 Å². The third-order valence-corrected chi connectivity index (χ3v) is 1.78. The zero-order chi connectivity index (χ0) is 11.6. The van der Waals surface area contributed by atoms with Crippen molar-refractivity contribution in [3.05, 3.63) is 24.4 Å². The lowest BCUT2D eigenvalue weighted by Crippen LogP contribution is -2.03. The second kappa shape index (κ2) is 10.2. The van der Waals surface area contributed by atoms with E-state index in [0.29, 0.717) is 5.92 Å². The monoisotopic (exact) mass is 195 g/mol. The first-order chi connectivity index (χ1) is 6.61. The van der Waals surface area contributed by atoms with E-state index in [9.17, 15) is 0 Å². The van der Waals surface area contributed by atoms with Gasteiger partial charge in [-0.2, -0.15) is 0 Å². The molecule has 0 saturated carbocycles. The van der Waals surface area contributed by atoms with Crippen molar-refractivity contribution in [2.24, 2.45) is 10.9 Å². The zero-order valence-corrected chi connectivity index (χ0v) is 10.6. The van der Waals surface area contributed by atoms with Crippen LogP contribution in [-0.4, -0.2) is 5.71 Å². The van der Waals surface area contributed by atoms with Crippen molar-refractivity contribution < 1.29 is 0 Å². The summed E-state index contributed by atoms with van der Waals surface area (Å²) < 4.78 is 0. The lowest BCUT2D eigenvalue weighted by molar-refractivity contribution is 0.886. The minimum atomic E-state index is 0.476. The highest BCUT2D eigenvalue weighted by Gasteiger charge is 2.00. The Kier molecular flexibility index (Phi) is 11.4. The summed E-state index contributed by atoms with van der Waals surface area (Å²) in [5.41, 5.74) is 2.48. The Morgan fingerprint density at radius 2 is 1.86 bits per heavy atom. The van der Waals surface area contributed by atoms with Crippen LogP contribution in [0.1, 0.15) is 48.0 Å². The van der Waals surface area contributed by atoms with Gasteiger partial charge in [0.25, 0.3) is 0 Å². The molecule has 0 rings (SSSR count). The number of allylic oxidation sites excluding steroid dienone is 2. The van der Waals surface area contributed by atoms with Gasteiger partial charge in [0.2, 0.25) is 0 Å². The van der Waals surface area contributed by atoms with Gasteiger partial charge in [-0.1, -0.05) is 46.8 Å². The number of hydrogen-bond donors (Lipinski definition) is 0. The lowest BCUT2D eigenvalue weighted by atomic mass is 10.0. The molecule has 0 aliphatic heterocycles. The third kappa shape index (κ3) is 7.78. The van der Waals surface area contributed by atoms with Crippen LogP contribution in [0.2, 0.25) is 0 Å². The molecule has 1 nitrogen and oxygen atoms in total. The summed E-state index contributed by atoms with van der Waals surface area (Å²) in [6, 6.07) is 0. The van der Waals surface area contributed by atoms with Gasteiger partial charge in [-0.3, -0.25) is 4.99 Å². The molecule has 0 atom stereocenters. The first-order valence-corrected chi connectivity index (χ1v) is 5.47. The number of hydrogen-bond acceptors (Lipinski definition) is 1. The molecule has 0 spiro atoms. The molecule has 0 amide bonds. The standard InChI is InChI=1S/C11H19N.C2H6/c1-6-10(5)8-11(9(3)4)12-7-2;1-2/h7-9H,2,6H2,1,3-5H3;1-2H3/b10-8+,12-11?;. The van der Waals surface area contributed by atoms with Gasteiger partial charge in [0, 0.05) is 11.9 Å². The zero-order valence-electron chi connectivity index (χ0n) is 10.6. The molecule has 0 saturated heterocycles. The largest absolute Gasteiger partial charge is 0.262 e. The van der Waals surface area contributed by atoms with Gasteiger partial charge in [-0.25, -0.2) is 0 Å². The molecule has 0 fully saturated rings. The maximum atomic E-state index is 4.22. The molecule has 0 aliphatic carbocycles. The molecule has 0 aromatic heterocycles. The average Bonchev–Trinajstić information content (AvgIpc) is 2.19. The van der Waals surface area contributed by atoms with Gasteiger partial charge in [0.1, 0.15) is 0 Å². The molecule has 0 aromatic rings. The van der Waals surface area contributed by atoms with Crippen LogP contribution in [0.15, 0.2) is 29.4 Å². The van der Waals surface area contributed by atoms with E-state index in [1.54, 1.807) is 6.20 Å². The summed E-state index contributed by atoms with van der Waals surface area (Å²) in [4.78, 5) is 4.22. The van der Waals surface area contributed by atoms with E-state index >= 15 is 0 Å². The number of aliphatic imine (C=N–C) groups is 1. The molecule has 1 heteroatoms. The Balaban J connectivity index is 0.